The van der Waals surface area contributed by atoms with E-state index in [-0.39, 0.29) is 33.8 Å². The first-order chi connectivity index (χ1) is 1.73. The smallest absolute Gasteiger partial charge is 1.00 e. The Hall–Kier alpha value is 0.456. The third-order valence-corrected chi connectivity index (χ3v) is 0. The summed E-state index contributed by atoms with van der Waals surface area (Å²) in [4.78, 5) is 8.89. The van der Waals surface area contributed by atoms with E-state index >= 15 is 0 Å². The van der Waals surface area contributed by atoms with Crippen molar-refractivity contribution in [3.05, 3.63) is 0 Å². The normalized spacial score (nSPS) is 4.17. The van der Waals surface area contributed by atoms with Crippen molar-refractivity contribution in [3.63, 3.8) is 0 Å². The van der Waals surface area contributed by atoms with Gasteiger partial charge in [0.1, 0.15) is 0 Å². The molecule has 0 bridgehead atoms. The zero-order valence-electron chi connectivity index (χ0n) is 3.03. The van der Waals surface area contributed by atoms with Gasteiger partial charge >= 0.3 is 16.8 Å². The first-order valence-electron chi connectivity index (χ1n) is 0.908. The summed E-state index contributed by atoms with van der Waals surface area (Å²) in [5, 5.41) is 8.89. The average Bonchev–Trinajstić information content (AvgIpc) is 0.811. The van der Waals surface area contributed by atoms with Crippen LogP contribution in [-0.4, -0.2) is 5.97 Å². The molecule has 0 saturated carbocycles. The SMILES string of the molecule is CC(=O)[O-].[Br-].[Co+2]. The molecule has 0 atom stereocenters. The largest absolute Gasteiger partial charge is 2.00 e. The molecule has 0 aromatic carbocycles. The summed E-state index contributed by atoms with van der Waals surface area (Å²) in [6.45, 7) is 0.972. The predicted octanol–water partition coefficient (Wildman–Crippen LogP) is -4.24. The van der Waals surface area contributed by atoms with Gasteiger partial charge < -0.3 is 26.9 Å². The molecule has 0 spiro atoms. The van der Waals surface area contributed by atoms with Crippen LogP contribution in [0.1, 0.15) is 6.92 Å². The van der Waals surface area contributed by atoms with Crippen LogP contribution in [0.2, 0.25) is 0 Å². The van der Waals surface area contributed by atoms with Gasteiger partial charge in [-0.15, -0.1) is 0 Å². The Bertz CT molecular complexity index is 34.5. The van der Waals surface area contributed by atoms with E-state index in [0.29, 0.717) is 0 Å². The van der Waals surface area contributed by atoms with Crippen molar-refractivity contribution in [1.29, 1.82) is 0 Å². The Morgan fingerprint density at radius 2 is 1.67 bits per heavy atom. The van der Waals surface area contributed by atoms with Crippen molar-refractivity contribution < 1.29 is 43.7 Å². The summed E-state index contributed by atoms with van der Waals surface area (Å²) < 4.78 is 0. The van der Waals surface area contributed by atoms with Gasteiger partial charge in [-0.1, -0.05) is 0 Å². The fourth-order valence-electron chi connectivity index (χ4n) is 0. The van der Waals surface area contributed by atoms with Crippen LogP contribution in [0.15, 0.2) is 0 Å². The molecule has 39 valence electrons. The number of aliphatic carboxylic acids is 1. The fraction of sp³-hybridized carbons (Fsp3) is 0.500. The second kappa shape index (κ2) is 9.07. The van der Waals surface area contributed by atoms with Crippen LogP contribution in [0.3, 0.4) is 0 Å². The maximum atomic E-state index is 8.89. The molecule has 0 heterocycles. The topological polar surface area (TPSA) is 40.1 Å². The van der Waals surface area contributed by atoms with E-state index in [0.717, 1.165) is 6.92 Å². The number of hydrogen-bond donors (Lipinski definition) is 0. The van der Waals surface area contributed by atoms with Crippen molar-refractivity contribution in [2.45, 2.75) is 6.92 Å². The summed E-state index contributed by atoms with van der Waals surface area (Å²) in [7, 11) is 0. The van der Waals surface area contributed by atoms with Crippen LogP contribution in [-0.2, 0) is 21.6 Å². The Morgan fingerprint density at radius 1 is 1.67 bits per heavy atom. The van der Waals surface area contributed by atoms with Crippen molar-refractivity contribution in [2.24, 2.45) is 0 Å². The molecular formula is C2H3BrCoO2. The second-order valence-corrected chi connectivity index (χ2v) is 0.492. The first kappa shape index (κ1) is 16.1. The maximum absolute atomic E-state index is 8.89. The van der Waals surface area contributed by atoms with E-state index < -0.39 is 5.97 Å². The van der Waals surface area contributed by atoms with Crippen molar-refractivity contribution in [3.8, 4) is 0 Å². The minimum Gasteiger partial charge on any atom is -1.00 e. The molecule has 0 aliphatic rings. The molecule has 0 aromatic heterocycles. The number of hydrogen-bond acceptors (Lipinski definition) is 2. The average molecular weight is 198 g/mol. The van der Waals surface area contributed by atoms with Gasteiger partial charge in [0.05, 0.1) is 0 Å². The maximum Gasteiger partial charge on any atom is 2.00 e. The molecule has 0 aromatic rings. The molecular weight excluding hydrogens is 195 g/mol. The molecule has 4 heteroatoms. The van der Waals surface area contributed by atoms with Gasteiger partial charge in [0.15, 0.2) is 0 Å². The van der Waals surface area contributed by atoms with Crippen LogP contribution >= 0.6 is 0 Å². The van der Waals surface area contributed by atoms with Crippen molar-refractivity contribution >= 4 is 5.97 Å². The molecule has 0 aliphatic heterocycles. The Balaban J connectivity index is -0.0000000450. The summed E-state index contributed by atoms with van der Waals surface area (Å²) in [5.74, 6) is -1.08. The number of carboxylic acid groups (broad SMARTS) is 1. The summed E-state index contributed by atoms with van der Waals surface area (Å²) >= 11 is 0. The Kier molecular flexibility index (Phi) is 24.3. The molecule has 6 heavy (non-hydrogen) atoms. The van der Waals surface area contributed by atoms with Gasteiger partial charge in [0.25, 0.3) is 0 Å². The molecule has 0 N–H and O–H groups in total. The number of halogens is 1. The molecule has 0 amide bonds. The minimum atomic E-state index is -1.08. The molecule has 0 unspecified atom stereocenters. The van der Waals surface area contributed by atoms with E-state index in [4.69, 9.17) is 9.90 Å². The predicted molar refractivity (Wildman–Crippen MR) is 10.7 cm³/mol. The molecule has 0 fully saturated rings. The first-order valence-corrected chi connectivity index (χ1v) is 0.908. The van der Waals surface area contributed by atoms with Gasteiger partial charge in [-0.25, -0.2) is 0 Å². The third kappa shape index (κ3) is 256. The molecule has 1 radical (unpaired) electrons. The summed E-state index contributed by atoms with van der Waals surface area (Å²) in [6.07, 6.45) is 0. The number of rotatable bonds is 0. The van der Waals surface area contributed by atoms with E-state index in [1.165, 1.54) is 0 Å². The Labute approximate surface area is 56.9 Å². The molecule has 0 rings (SSSR count). The van der Waals surface area contributed by atoms with E-state index in [9.17, 15) is 0 Å². The monoisotopic (exact) mass is 197 g/mol. The van der Waals surface area contributed by atoms with Crippen LogP contribution < -0.4 is 22.1 Å². The molecule has 2 nitrogen and oxygen atoms in total. The van der Waals surface area contributed by atoms with Crippen LogP contribution in [0, 0.1) is 0 Å². The fourth-order valence-corrected chi connectivity index (χ4v) is 0. The van der Waals surface area contributed by atoms with E-state index in [2.05, 4.69) is 0 Å². The van der Waals surface area contributed by atoms with Gasteiger partial charge in [0.2, 0.25) is 0 Å². The minimum absolute atomic E-state index is 0. The zero-order valence-corrected chi connectivity index (χ0v) is 5.65. The quantitative estimate of drug-likeness (QED) is 0.395. The van der Waals surface area contributed by atoms with Crippen molar-refractivity contribution in [2.75, 3.05) is 0 Å². The van der Waals surface area contributed by atoms with Crippen LogP contribution in [0.5, 0.6) is 0 Å². The molecule has 0 saturated heterocycles. The van der Waals surface area contributed by atoms with E-state index in [1.807, 2.05) is 0 Å². The number of carboxylic acids is 1. The van der Waals surface area contributed by atoms with Crippen LogP contribution in [0.4, 0.5) is 0 Å². The zero-order chi connectivity index (χ0) is 3.58. The van der Waals surface area contributed by atoms with Crippen LogP contribution in [0.25, 0.3) is 0 Å². The number of carbonyl (C=O) groups excluding carboxylic acids is 1. The number of carbonyl (C=O) groups is 1. The van der Waals surface area contributed by atoms with E-state index in [1.54, 1.807) is 0 Å². The third-order valence-electron chi connectivity index (χ3n) is 0. The van der Waals surface area contributed by atoms with Gasteiger partial charge in [-0.2, -0.15) is 0 Å². The Morgan fingerprint density at radius 3 is 1.67 bits per heavy atom. The van der Waals surface area contributed by atoms with Gasteiger partial charge in [-0.05, 0) is 6.92 Å². The van der Waals surface area contributed by atoms with Gasteiger partial charge in [0, 0.05) is 5.97 Å². The van der Waals surface area contributed by atoms with Gasteiger partial charge in [-0.3, -0.25) is 0 Å². The second-order valence-electron chi connectivity index (χ2n) is 0.492. The molecule has 0 aliphatic carbocycles. The summed E-state index contributed by atoms with van der Waals surface area (Å²) in [6, 6.07) is 0. The summed E-state index contributed by atoms with van der Waals surface area (Å²) in [5.41, 5.74) is 0. The standard InChI is InChI=1S/C2H4O2.BrH.Co/c1-2(3)4;;/h1H3,(H,3,4);1H;/q;;+2/p-2. The van der Waals surface area contributed by atoms with Crippen molar-refractivity contribution in [1.82, 2.24) is 0 Å².